The fourth-order valence-corrected chi connectivity index (χ4v) is 4.66. The Morgan fingerprint density at radius 1 is 0.919 bits per heavy atom. The predicted molar refractivity (Wildman–Crippen MR) is 138 cm³/mol. The maximum absolute atomic E-state index is 12.9. The van der Waals surface area contributed by atoms with Crippen LogP contribution in [0.1, 0.15) is 36.5 Å². The molecule has 2 aromatic carbocycles. The van der Waals surface area contributed by atoms with Gasteiger partial charge in [0.05, 0.1) is 18.4 Å². The fraction of sp³-hybridized carbons (Fsp3) is 0.370. The van der Waals surface area contributed by atoms with Crippen LogP contribution in [0, 0.1) is 0 Å². The van der Waals surface area contributed by atoms with Crippen LogP contribution in [0.15, 0.2) is 60.9 Å². The Morgan fingerprint density at radius 3 is 2.30 bits per heavy atom. The second-order valence-electron chi connectivity index (χ2n) is 9.35. The number of nitrogens with zero attached hydrogens (tertiary/aromatic N) is 5. The van der Waals surface area contributed by atoms with Gasteiger partial charge in [-0.1, -0.05) is 42.5 Å². The molecule has 10 heteroatoms. The predicted octanol–water partition coefficient (Wildman–Crippen LogP) is 5.40. The summed E-state index contributed by atoms with van der Waals surface area (Å²) in [6, 6.07) is 15.9. The molecule has 2 aromatic heterocycles. The third-order valence-electron chi connectivity index (χ3n) is 6.61. The molecule has 0 spiro atoms. The van der Waals surface area contributed by atoms with E-state index in [1.54, 1.807) is 6.33 Å². The third-order valence-corrected chi connectivity index (χ3v) is 6.61. The number of fused-ring (bicyclic) bond motifs is 1. The number of halogens is 3. The minimum absolute atomic E-state index is 0.264. The Balaban J connectivity index is 1.31. The first-order valence-corrected chi connectivity index (χ1v) is 12.5. The highest BCUT2D eigenvalue weighted by Gasteiger charge is 2.30. The first-order chi connectivity index (χ1) is 17.9. The van der Waals surface area contributed by atoms with E-state index in [4.69, 9.17) is 0 Å². The molecule has 1 aliphatic heterocycles. The number of nitrogens with one attached hydrogen (secondary N) is 2. The molecule has 4 aromatic rings. The van der Waals surface area contributed by atoms with Gasteiger partial charge in [-0.25, -0.2) is 4.98 Å². The number of imidazole rings is 1. The lowest BCUT2D eigenvalue weighted by Gasteiger charge is -2.32. The van der Waals surface area contributed by atoms with Gasteiger partial charge in [0.25, 0.3) is 0 Å². The molecule has 1 aliphatic rings. The van der Waals surface area contributed by atoms with Crippen LogP contribution in [0.4, 0.5) is 24.9 Å². The number of piperidine rings is 1. The molecule has 0 atom stereocenters. The van der Waals surface area contributed by atoms with Crippen molar-refractivity contribution < 1.29 is 13.2 Å². The third kappa shape index (κ3) is 6.02. The van der Waals surface area contributed by atoms with Gasteiger partial charge in [0.2, 0.25) is 5.95 Å². The highest BCUT2D eigenvalue weighted by molar-refractivity contribution is 5.84. The van der Waals surface area contributed by atoms with E-state index in [0.717, 1.165) is 50.2 Å². The van der Waals surface area contributed by atoms with Crippen LogP contribution in [-0.4, -0.2) is 50.1 Å². The van der Waals surface area contributed by atoms with Crippen LogP contribution in [0.2, 0.25) is 0 Å². The molecule has 5 rings (SSSR count). The topological polar surface area (TPSA) is 70.9 Å². The van der Waals surface area contributed by atoms with Gasteiger partial charge in [-0.3, -0.25) is 4.90 Å². The molecule has 0 radical (unpaired) electrons. The monoisotopic (exact) mass is 509 g/mol. The van der Waals surface area contributed by atoms with E-state index in [2.05, 4.69) is 54.8 Å². The molecular weight excluding hydrogens is 479 g/mol. The molecule has 7 nitrogen and oxygen atoms in total. The van der Waals surface area contributed by atoms with Gasteiger partial charge in [-0.05, 0) is 43.0 Å². The number of aromatic nitrogens is 4. The van der Waals surface area contributed by atoms with Crippen molar-refractivity contribution in [2.45, 2.75) is 45.1 Å². The van der Waals surface area contributed by atoms with Gasteiger partial charge in [-0.15, -0.1) is 0 Å². The minimum Gasteiger partial charge on any atom is -0.365 e. The zero-order valence-electron chi connectivity index (χ0n) is 20.7. The zero-order chi connectivity index (χ0) is 25.8. The van der Waals surface area contributed by atoms with Gasteiger partial charge >= 0.3 is 6.18 Å². The highest BCUT2D eigenvalue weighted by atomic mass is 19.4. The molecule has 1 saturated heterocycles. The van der Waals surface area contributed by atoms with Crippen molar-refractivity contribution in [3.8, 4) is 0 Å². The molecule has 194 valence electrons. The molecule has 0 unspecified atom stereocenters. The number of hydrogen-bond acceptors (Lipinski definition) is 6. The molecule has 0 amide bonds. The quantitative estimate of drug-likeness (QED) is 0.331. The van der Waals surface area contributed by atoms with Gasteiger partial charge in [0.15, 0.2) is 17.0 Å². The fourth-order valence-electron chi connectivity index (χ4n) is 4.66. The molecule has 0 saturated carbocycles. The van der Waals surface area contributed by atoms with Crippen molar-refractivity contribution >= 4 is 22.9 Å². The molecule has 37 heavy (non-hydrogen) atoms. The summed E-state index contributed by atoms with van der Waals surface area (Å²) in [6.07, 6.45) is -0.713. The minimum atomic E-state index is -4.35. The van der Waals surface area contributed by atoms with E-state index in [1.807, 2.05) is 17.6 Å². The maximum atomic E-state index is 12.9. The second kappa shape index (κ2) is 10.8. The van der Waals surface area contributed by atoms with Gasteiger partial charge in [0, 0.05) is 32.2 Å². The van der Waals surface area contributed by atoms with Crippen LogP contribution in [-0.2, 0) is 19.3 Å². The van der Waals surface area contributed by atoms with E-state index in [9.17, 15) is 13.2 Å². The number of likely N-dealkylation sites (tertiary alicyclic amines) is 1. The summed E-state index contributed by atoms with van der Waals surface area (Å²) >= 11 is 0. The number of rotatable bonds is 8. The zero-order valence-corrected chi connectivity index (χ0v) is 20.7. The summed E-state index contributed by atoms with van der Waals surface area (Å²) in [7, 11) is 0. The average Bonchev–Trinajstić information content (AvgIpc) is 3.29. The Hall–Kier alpha value is -3.66. The number of hydrogen-bond donors (Lipinski definition) is 2. The van der Waals surface area contributed by atoms with Crippen LogP contribution >= 0.6 is 0 Å². The number of alkyl halides is 3. The Kier molecular flexibility index (Phi) is 7.27. The first kappa shape index (κ1) is 25.0. The Morgan fingerprint density at radius 2 is 1.62 bits per heavy atom. The van der Waals surface area contributed by atoms with E-state index in [-0.39, 0.29) is 6.04 Å². The lowest BCUT2D eigenvalue weighted by molar-refractivity contribution is -0.137. The van der Waals surface area contributed by atoms with Crippen molar-refractivity contribution in [2.75, 3.05) is 30.3 Å². The summed E-state index contributed by atoms with van der Waals surface area (Å²) in [5.41, 5.74) is 2.68. The van der Waals surface area contributed by atoms with Gasteiger partial charge in [-0.2, -0.15) is 23.1 Å². The van der Waals surface area contributed by atoms with Crippen LogP contribution in [0.5, 0.6) is 0 Å². The largest absolute Gasteiger partial charge is 0.416 e. The van der Waals surface area contributed by atoms with Crippen LogP contribution in [0.25, 0.3) is 11.2 Å². The summed E-state index contributed by atoms with van der Waals surface area (Å²) in [6.45, 7) is 5.92. The number of benzene rings is 2. The van der Waals surface area contributed by atoms with Crippen molar-refractivity contribution in [3.63, 3.8) is 0 Å². The summed E-state index contributed by atoms with van der Waals surface area (Å²) in [5.74, 6) is 1.17. The lowest BCUT2D eigenvalue weighted by atomic mass is 10.0. The van der Waals surface area contributed by atoms with Gasteiger partial charge in [0.1, 0.15) is 0 Å². The Bertz CT molecular complexity index is 1310. The highest BCUT2D eigenvalue weighted by Crippen LogP contribution is 2.30. The van der Waals surface area contributed by atoms with E-state index in [1.165, 1.54) is 17.7 Å². The van der Waals surface area contributed by atoms with E-state index < -0.39 is 11.7 Å². The molecule has 3 heterocycles. The molecule has 0 aliphatic carbocycles. The summed E-state index contributed by atoms with van der Waals surface area (Å²) < 4.78 is 40.6. The maximum Gasteiger partial charge on any atom is 0.416 e. The van der Waals surface area contributed by atoms with Crippen molar-refractivity contribution in [3.05, 3.63) is 77.6 Å². The molecule has 1 fully saturated rings. The van der Waals surface area contributed by atoms with Crippen molar-refractivity contribution in [1.82, 2.24) is 24.4 Å². The van der Waals surface area contributed by atoms with Gasteiger partial charge < -0.3 is 15.2 Å². The van der Waals surface area contributed by atoms with Crippen LogP contribution in [0.3, 0.4) is 0 Å². The standard InChI is InChI=1S/C27H30F3N7/c1-2-31-26-34-24(33-22-12-14-36(15-13-22)16-19-6-4-3-5-7-19)23-25(35-26)37(18-32-23)17-20-8-10-21(11-9-20)27(28,29)30/h3-11,18,22H,2,12-17H2,1H3,(H2,31,33,34,35). The van der Waals surface area contributed by atoms with Crippen molar-refractivity contribution in [2.24, 2.45) is 0 Å². The Labute approximate surface area is 213 Å². The van der Waals surface area contributed by atoms with E-state index in [0.29, 0.717) is 36.0 Å². The summed E-state index contributed by atoms with van der Waals surface area (Å²) in [4.78, 5) is 16.4. The smallest absolute Gasteiger partial charge is 0.365 e. The first-order valence-electron chi connectivity index (χ1n) is 12.5. The molecular formula is C27H30F3N7. The number of anilines is 2. The average molecular weight is 510 g/mol. The summed E-state index contributed by atoms with van der Waals surface area (Å²) in [5, 5.41) is 6.77. The lowest BCUT2D eigenvalue weighted by Crippen LogP contribution is -2.38. The van der Waals surface area contributed by atoms with Crippen molar-refractivity contribution in [1.29, 1.82) is 0 Å². The van der Waals surface area contributed by atoms with Crippen LogP contribution < -0.4 is 10.6 Å². The molecule has 0 bridgehead atoms. The normalized spacial score (nSPS) is 15.2. The second-order valence-corrected chi connectivity index (χ2v) is 9.35. The molecule has 2 N–H and O–H groups in total. The SMILES string of the molecule is CCNc1nc(NC2CCN(Cc3ccccc3)CC2)c2ncn(Cc3ccc(C(F)(F)F)cc3)c2n1. The van der Waals surface area contributed by atoms with E-state index >= 15 is 0 Å².